The van der Waals surface area contributed by atoms with Crippen molar-refractivity contribution in [1.29, 1.82) is 0 Å². The molecule has 0 heterocycles. The van der Waals surface area contributed by atoms with Gasteiger partial charge in [0.25, 0.3) is 0 Å². The van der Waals surface area contributed by atoms with Crippen LogP contribution < -0.4 is 29.6 Å². The molecule has 0 saturated heterocycles. The quantitative estimate of drug-likeness (QED) is 0.601. The Balaban J connectivity index is 0.00000220. The average Bonchev–Trinajstić information content (AvgIpc) is 2.40. The summed E-state index contributed by atoms with van der Waals surface area (Å²) < 4.78 is 33.3. The van der Waals surface area contributed by atoms with E-state index in [4.69, 9.17) is 0 Å². The molecule has 108 valence electrons. The van der Waals surface area contributed by atoms with Crippen molar-refractivity contribution >= 4 is 20.9 Å². The molecule has 2 rings (SSSR count). The van der Waals surface area contributed by atoms with E-state index < -0.39 is 10.1 Å². The van der Waals surface area contributed by atoms with E-state index in [1.165, 1.54) is 23.3 Å². The molecule has 0 aliphatic heterocycles. The van der Waals surface area contributed by atoms with Gasteiger partial charge in [-0.25, -0.2) is 8.42 Å². The Hall–Kier alpha value is -0.390. The van der Waals surface area contributed by atoms with Crippen LogP contribution in [0.2, 0.25) is 0 Å². The summed E-state index contributed by atoms with van der Waals surface area (Å²) in [6.45, 7) is 4.28. The second kappa shape index (κ2) is 7.75. The molecule has 0 atom stereocenters. The maximum atomic E-state index is 11.1. The van der Waals surface area contributed by atoms with Crippen LogP contribution in [0, 0.1) is 0 Å². The van der Waals surface area contributed by atoms with Crippen LogP contribution in [0.5, 0.6) is 0 Å². The predicted molar refractivity (Wildman–Crippen MR) is 79.9 cm³/mol. The predicted octanol–water partition coefficient (Wildman–Crippen LogP) is 0.653. The third kappa shape index (κ3) is 4.30. The SMILES string of the molecule is CCCc1ccc2cc(S(=O)(=O)[O-])ccc2c1CCC.[Na+]. The van der Waals surface area contributed by atoms with Crippen molar-refractivity contribution in [2.24, 2.45) is 0 Å². The van der Waals surface area contributed by atoms with Crippen LogP contribution in [0.25, 0.3) is 10.8 Å². The normalized spacial score (nSPS) is 11.4. The smallest absolute Gasteiger partial charge is 0.744 e. The first-order valence-corrected chi connectivity index (χ1v) is 8.38. The number of rotatable bonds is 5. The number of benzene rings is 2. The number of fused-ring (bicyclic) bond motifs is 1. The van der Waals surface area contributed by atoms with E-state index in [1.54, 1.807) is 6.07 Å². The summed E-state index contributed by atoms with van der Waals surface area (Å²) >= 11 is 0. The van der Waals surface area contributed by atoms with Gasteiger partial charge in [-0.05, 0) is 46.9 Å². The monoisotopic (exact) mass is 314 g/mol. The molecular weight excluding hydrogens is 295 g/mol. The zero-order valence-electron chi connectivity index (χ0n) is 12.8. The van der Waals surface area contributed by atoms with Gasteiger partial charge in [-0.15, -0.1) is 0 Å². The maximum absolute atomic E-state index is 11.1. The molecule has 0 N–H and O–H groups in total. The van der Waals surface area contributed by atoms with Gasteiger partial charge in [0, 0.05) is 0 Å². The molecule has 2 aromatic carbocycles. The van der Waals surface area contributed by atoms with Gasteiger partial charge in [-0.2, -0.15) is 0 Å². The molecule has 0 saturated carbocycles. The van der Waals surface area contributed by atoms with Crippen LogP contribution in [-0.2, 0) is 23.0 Å². The molecule has 5 heteroatoms. The van der Waals surface area contributed by atoms with Gasteiger partial charge in [0.1, 0.15) is 10.1 Å². The van der Waals surface area contributed by atoms with E-state index in [2.05, 4.69) is 19.9 Å². The van der Waals surface area contributed by atoms with E-state index in [0.29, 0.717) is 0 Å². The van der Waals surface area contributed by atoms with E-state index in [-0.39, 0.29) is 34.5 Å². The van der Waals surface area contributed by atoms with Gasteiger partial charge in [0.05, 0.1) is 4.90 Å². The first kappa shape index (κ1) is 18.7. The summed E-state index contributed by atoms with van der Waals surface area (Å²) in [6, 6.07) is 8.63. The summed E-state index contributed by atoms with van der Waals surface area (Å²) in [4.78, 5) is -0.157. The Morgan fingerprint density at radius 3 is 2.24 bits per heavy atom. The van der Waals surface area contributed by atoms with Crippen LogP contribution in [0.4, 0.5) is 0 Å². The molecule has 0 aliphatic rings. The number of aryl methyl sites for hydroxylation is 2. The fourth-order valence-corrected chi connectivity index (χ4v) is 3.13. The second-order valence-electron chi connectivity index (χ2n) is 5.04. The first-order valence-electron chi connectivity index (χ1n) is 6.97. The minimum Gasteiger partial charge on any atom is -0.744 e. The van der Waals surface area contributed by atoms with Gasteiger partial charge < -0.3 is 4.55 Å². The molecule has 0 amide bonds. The molecule has 2 aromatic rings. The molecule has 0 spiro atoms. The largest absolute Gasteiger partial charge is 1.00 e. The summed E-state index contributed by atoms with van der Waals surface area (Å²) in [5.74, 6) is 0. The molecule has 0 fully saturated rings. The number of hydrogen-bond acceptors (Lipinski definition) is 3. The first-order chi connectivity index (χ1) is 9.47. The molecule has 0 aromatic heterocycles. The molecule has 0 radical (unpaired) electrons. The molecule has 0 unspecified atom stereocenters. The van der Waals surface area contributed by atoms with Gasteiger partial charge in [0.2, 0.25) is 0 Å². The van der Waals surface area contributed by atoms with Crippen LogP contribution in [0.3, 0.4) is 0 Å². The van der Waals surface area contributed by atoms with Crippen LogP contribution in [-0.4, -0.2) is 13.0 Å². The molecule has 0 bridgehead atoms. The third-order valence-electron chi connectivity index (χ3n) is 3.51. The van der Waals surface area contributed by atoms with Crippen molar-refractivity contribution in [2.45, 2.75) is 44.4 Å². The summed E-state index contributed by atoms with van der Waals surface area (Å²) in [7, 11) is -4.39. The van der Waals surface area contributed by atoms with Gasteiger partial charge in [-0.1, -0.05) is 44.9 Å². The van der Waals surface area contributed by atoms with E-state index >= 15 is 0 Å². The molecule has 3 nitrogen and oxygen atoms in total. The maximum Gasteiger partial charge on any atom is 1.00 e. The van der Waals surface area contributed by atoms with Crippen molar-refractivity contribution in [3.05, 3.63) is 41.5 Å². The Bertz CT molecular complexity index is 724. The van der Waals surface area contributed by atoms with Gasteiger partial charge >= 0.3 is 29.6 Å². The van der Waals surface area contributed by atoms with Crippen molar-refractivity contribution in [3.8, 4) is 0 Å². The minimum absolute atomic E-state index is 0. The second-order valence-corrected chi connectivity index (χ2v) is 6.42. The Kier molecular flexibility index (Phi) is 6.88. The zero-order valence-corrected chi connectivity index (χ0v) is 15.7. The van der Waals surface area contributed by atoms with Crippen molar-refractivity contribution in [1.82, 2.24) is 0 Å². The topological polar surface area (TPSA) is 57.2 Å². The van der Waals surface area contributed by atoms with Crippen LogP contribution in [0.1, 0.15) is 37.8 Å². The number of hydrogen-bond donors (Lipinski definition) is 0. The van der Waals surface area contributed by atoms with E-state index in [9.17, 15) is 13.0 Å². The van der Waals surface area contributed by atoms with Gasteiger partial charge in [-0.3, -0.25) is 0 Å². The average molecular weight is 314 g/mol. The van der Waals surface area contributed by atoms with Crippen molar-refractivity contribution < 1.29 is 42.5 Å². The minimum atomic E-state index is -4.39. The van der Waals surface area contributed by atoms with Crippen molar-refractivity contribution in [3.63, 3.8) is 0 Å². The van der Waals surface area contributed by atoms with Crippen LogP contribution >= 0.6 is 0 Å². The zero-order chi connectivity index (χ0) is 14.8. The Morgan fingerprint density at radius 2 is 1.67 bits per heavy atom. The third-order valence-corrected chi connectivity index (χ3v) is 4.34. The van der Waals surface area contributed by atoms with E-state index in [1.807, 2.05) is 6.07 Å². The Labute approximate surface area is 148 Å². The van der Waals surface area contributed by atoms with Crippen molar-refractivity contribution in [2.75, 3.05) is 0 Å². The van der Waals surface area contributed by atoms with E-state index in [0.717, 1.165) is 36.5 Å². The molecule has 21 heavy (non-hydrogen) atoms. The summed E-state index contributed by atoms with van der Waals surface area (Å²) in [5.41, 5.74) is 2.60. The van der Waals surface area contributed by atoms with Crippen LogP contribution in [0.15, 0.2) is 35.2 Å². The molecule has 0 aliphatic carbocycles. The fourth-order valence-electron chi connectivity index (χ4n) is 2.62. The Morgan fingerprint density at radius 1 is 1.00 bits per heavy atom. The van der Waals surface area contributed by atoms with Gasteiger partial charge in [0.15, 0.2) is 0 Å². The fraction of sp³-hybridized carbons (Fsp3) is 0.375. The molecular formula is C16H19NaO3S. The summed E-state index contributed by atoms with van der Waals surface area (Å²) in [6.07, 6.45) is 4.11. The summed E-state index contributed by atoms with van der Waals surface area (Å²) in [5, 5.41) is 1.88. The standard InChI is InChI=1S/C16H20O3S.Na/c1-3-5-12-7-8-13-11-14(20(17,18)19)9-10-16(13)15(12)6-4-2;/h7-11H,3-6H2,1-2H3,(H,17,18,19);/q;+1/p-1.